The molecule has 0 spiro atoms. The van der Waals surface area contributed by atoms with Crippen LogP contribution < -0.4 is 0 Å². The Kier molecular flexibility index (Phi) is 3.89. The van der Waals surface area contributed by atoms with Gasteiger partial charge in [0.1, 0.15) is 5.82 Å². The smallest absolute Gasteiger partial charge is 0.178 e. The second-order valence-electron chi connectivity index (χ2n) is 4.09. The second-order valence-corrected chi connectivity index (χ2v) is 5.46. The Labute approximate surface area is 109 Å². The summed E-state index contributed by atoms with van der Waals surface area (Å²) in [6, 6.07) is 5.08. The van der Waals surface area contributed by atoms with Crippen molar-refractivity contribution >= 4 is 35.0 Å². The molecule has 1 unspecified atom stereocenters. The van der Waals surface area contributed by atoms with E-state index in [2.05, 4.69) is 22.7 Å². The van der Waals surface area contributed by atoms with Crippen molar-refractivity contribution in [1.82, 2.24) is 9.55 Å². The highest BCUT2D eigenvalue weighted by atomic mass is 32.2. The normalized spacial score (nSPS) is 13.1. The van der Waals surface area contributed by atoms with Crippen molar-refractivity contribution in [2.24, 2.45) is 0 Å². The van der Waals surface area contributed by atoms with Crippen molar-refractivity contribution in [2.45, 2.75) is 19.4 Å². The molecule has 2 rings (SSSR count). The number of thioether (sulfide) groups is 1. The number of hydrogen-bond donors (Lipinski definition) is 1. The Balaban J connectivity index is 2.46. The number of nitrogens with one attached hydrogen (secondary N) is 1. The van der Waals surface area contributed by atoms with E-state index in [0.29, 0.717) is 10.8 Å². The van der Waals surface area contributed by atoms with Gasteiger partial charge < -0.3 is 9.55 Å². The summed E-state index contributed by atoms with van der Waals surface area (Å²) in [5.74, 6) is 0.856. The SMILES string of the molecule is CSCCC(C)n1c(=S)[nH]c2cc(F)ccc21. The minimum absolute atomic E-state index is 0.238. The second kappa shape index (κ2) is 5.23. The molecule has 5 heteroatoms. The molecule has 2 nitrogen and oxygen atoms in total. The van der Waals surface area contributed by atoms with Gasteiger partial charge in [-0.1, -0.05) is 0 Å². The maximum Gasteiger partial charge on any atom is 0.178 e. The molecular weight excluding hydrogens is 255 g/mol. The lowest BCUT2D eigenvalue weighted by atomic mass is 10.2. The molecule has 1 aromatic heterocycles. The van der Waals surface area contributed by atoms with Crippen molar-refractivity contribution in [2.75, 3.05) is 12.0 Å². The van der Waals surface area contributed by atoms with Gasteiger partial charge in [-0.15, -0.1) is 0 Å². The Morgan fingerprint density at radius 3 is 3.00 bits per heavy atom. The predicted octanol–water partition coefficient (Wildman–Crippen LogP) is 4.15. The molecular formula is C12H15FN2S2. The number of benzene rings is 1. The van der Waals surface area contributed by atoms with E-state index in [1.54, 1.807) is 6.07 Å². The van der Waals surface area contributed by atoms with Crippen LogP contribution in [0.5, 0.6) is 0 Å². The van der Waals surface area contributed by atoms with Gasteiger partial charge in [-0.3, -0.25) is 0 Å². The molecule has 0 saturated heterocycles. The zero-order valence-corrected chi connectivity index (χ0v) is 11.5. The Hall–Kier alpha value is -0.810. The molecule has 0 bridgehead atoms. The zero-order valence-electron chi connectivity index (χ0n) is 9.87. The van der Waals surface area contributed by atoms with Gasteiger partial charge in [-0.25, -0.2) is 4.39 Å². The minimum Gasteiger partial charge on any atom is -0.330 e. The quantitative estimate of drug-likeness (QED) is 0.842. The monoisotopic (exact) mass is 270 g/mol. The summed E-state index contributed by atoms with van der Waals surface area (Å²) in [4.78, 5) is 3.06. The summed E-state index contributed by atoms with van der Waals surface area (Å²) in [7, 11) is 0. The molecule has 0 aliphatic heterocycles. The molecule has 0 amide bonds. The number of aromatic nitrogens is 2. The first-order valence-electron chi connectivity index (χ1n) is 5.52. The van der Waals surface area contributed by atoms with Crippen molar-refractivity contribution in [3.8, 4) is 0 Å². The molecule has 1 heterocycles. The van der Waals surface area contributed by atoms with Gasteiger partial charge in [0.05, 0.1) is 11.0 Å². The molecule has 2 aromatic rings. The van der Waals surface area contributed by atoms with Crippen molar-refractivity contribution in [3.05, 3.63) is 28.8 Å². The molecule has 92 valence electrons. The fraction of sp³-hybridized carbons (Fsp3) is 0.417. The molecule has 1 aromatic carbocycles. The first kappa shape index (κ1) is 12.6. The van der Waals surface area contributed by atoms with Crippen LogP contribution in [0.25, 0.3) is 11.0 Å². The number of nitrogens with zero attached hydrogens (tertiary/aromatic N) is 1. The zero-order chi connectivity index (χ0) is 12.4. The summed E-state index contributed by atoms with van der Waals surface area (Å²) < 4.78 is 15.9. The first-order chi connectivity index (χ1) is 8.13. The topological polar surface area (TPSA) is 20.7 Å². The van der Waals surface area contributed by atoms with Gasteiger partial charge in [0.15, 0.2) is 4.77 Å². The lowest BCUT2D eigenvalue weighted by Crippen LogP contribution is -2.06. The van der Waals surface area contributed by atoms with Crippen LogP contribution in [0.15, 0.2) is 18.2 Å². The van der Waals surface area contributed by atoms with Crippen molar-refractivity contribution in [1.29, 1.82) is 0 Å². The summed E-state index contributed by atoms with van der Waals surface area (Å²) >= 11 is 7.12. The van der Waals surface area contributed by atoms with Gasteiger partial charge in [0.2, 0.25) is 0 Å². The van der Waals surface area contributed by atoms with E-state index in [9.17, 15) is 4.39 Å². The highest BCUT2D eigenvalue weighted by Crippen LogP contribution is 2.22. The number of hydrogen-bond acceptors (Lipinski definition) is 2. The fourth-order valence-electron chi connectivity index (χ4n) is 1.96. The van der Waals surface area contributed by atoms with Gasteiger partial charge in [0, 0.05) is 6.04 Å². The van der Waals surface area contributed by atoms with Crippen LogP contribution in [0.1, 0.15) is 19.4 Å². The molecule has 0 aliphatic rings. The van der Waals surface area contributed by atoms with E-state index >= 15 is 0 Å². The Morgan fingerprint density at radius 1 is 1.53 bits per heavy atom. The molecule has 0 radical (unpaired) electrons. The highest BCUT2D eigenvalue weighted by molar-refractivity contribution is 7.98. The number of halogens is 1. The molecule has 17 heavy (non-hydrogen) atoms. The summed E-state index contributed by atoms with van der Waals surface area (Å²) in [5.41, 5.74) is 1.75. The number of fused-ring (bicyclic) bond motifs is 1. The highest BCUT2D eigenvalue weighted by Gasteiger charge is 2.11. The molecule has 1 N–H and O–H groups in total. The van der Waals surface area contributed by atoms with E-state index in [1.165, 1.54) is 12.1 Å². The lowest BCUT2D eigenvalue weighted by Gasteiger charge is -2.13. The fourth-order valence-corrected chi connectivity index (χ4v) is 2.92. The van der Waals surface area contributed by atoms with E-state index in [-0.39, 0.29) is 5.82 Å². The molecule has 0 aliphatic carbocycles. The van der Waals surface area contributed by atoms with E-state index in [1.807, 2.05) is 11.8 Å². The number of rotatable bonds is 4. The van der Waals surface area contributed by atoms with Crippen LogP contribution in [0.4, 0.5) is 4.39 Å². The van der Waals surface area contributed by atoms with Crippen LogP contribution in [0.3, 0.4) is 0 Å². The van der Waals surface area contributed by atoms with Crippen LogP contribution in [0.2, 0.25) is 0 Å². The maximum atomic E-state index is 13.1. The number of aromatic amines is 1. The number of H-pyrrole nitrogens is 1. The summed E-state index contributed by atoms with van der Waals surface area (Å²) in [6.07, 6.45) is 3.15. The average molecular weight is 270 g/mol. The van der Waals surface area contributed by atoms with Crippen LogP contribution in [0, 0.1) is 10.6 Å². The summed E-state index contributed by atoms with van der Waals surface area (Å²) in [6.45, 7) is 2.14. The van der Waals surface area contributed by atoms with Crippen molar-refractivity contribution in [3.63, 3.8) is 0 Å². The summed E-state index contributed by atoms with van der Waals surface area (Å²) in [5, 5.41) is 0. The number of imidazole rings is 1. The third-order valence-electron chi connectivity index (χ3n) is 2.86. The lowest BCUT2D eigenvalue weighted by molar-refractivity contribution is 0.543. The van der Waals surface area contributed by atoms with Gasteiger partial charge in [-0.2, -0.15) is 11.8 Å². The average Bonchev–Trinajstić information content (AvgIpc) is 2.61. The van der Waals surface area contributed by atoms with Gasteiger partial charge in [0.25, 0.3) is 0 Å². The van der Waals surface area contributed by atoms with Crippen LogP contribution >= 0.6 is 24.0 Å². The Morgan fingerprint density at radius 2 is 2.29 bits per heavy atom. The maximum absolute atomic E-state index is 13.1. The molecule has 1 atom stereocenters. The minimum atomic E-state index is -0.238. The van der Waals surface area contributed by atoms with Crippen LogP contribution in [-0.2, 0) is 0 Å². The standard InChI is InChI=1S/C12H15FN2S2/c1-8(5-6-17-2)15-11-4-3-9(13)7-10(11)14-12(15)16/h3-4,7-8H,5-6H2,1-2H3,(H,14,16). The largest absolute Gasteiger partial charge is 0.330 e. The van der Waals surface area contributed by atoms with E-state index in [4.69, 9.17) is 12.2 Å². The van der Waals surface area contributed by atoms with E-state index < -0.39 is 0 Å². The Bertz CT molecular complexity index is 573. The van der Waals surface area contributed by atoms with E-state index in [0.717, 1.165) is 23.2 Å². The molecule has 0 saturated carbocycles. The van der Waals surface area contributed by atoms with Crippen LogP contribution in [-0.4, -0.2) is 21.6 Å². The van der Waals surface area contributed by atoms with Gasteiger partial charge >= 0.3 is 0 Å². The third-order valence-corrected chi connectivity index (χ3v) is 3.80. The predicted molar refractivity (Wildman–Crippen MR) is 74.8 cm³/mol. The first-order valence-corrected chi connectivity index (χ1v) is 7.32. The van der Waals surface area contributed by atoms with Gasteiger partial charge in [-0.05, 0) is 55.8 Å². The molecule has 0 fully saturated rings. The third kappa shape index (κ3) is 2.55. The van der Waals surface area contributed by atoms with Crippen molar-refractivity contribution < 1.29 is 4.39 Å².